The molecule has 1 saturated carbocycles. The SMILES string of the molecule is CSC1CCC(NCC(O)c2ccc([N+](=O)[O-])cc2)CC1. The van der Waals surface area contributed by atoms with Gasteiger partial charge >= 0.3 is 0 Å². The highest BCUT2D eigenvalue weighted by Gasteiger charge is 2.21. The average Bonchev–Trinajstić information content (AvgIpc) is 2.53. The van der Waals surface area contributed by atoms with Crippen molar-refractivity contribution in [3.8, 4) is 0 Å². The van der Waals surface area contributed by atoms with E-state index in [4.69, 9.17) is 0 Å². The van der Waals surface area contributed by atoms with Crippen LogP contribution in [-0.2, 0) is 0 Å². The molecule has 2 rings (SSSR count). The van der Waals surface area contributed by atoms with Gasteiger partial charge in [0.1, 0.15) is 0 Å². The Morgan fingerprint density at radius 3 is 2.48 bits per heavy atom. The first-order chi connectivity index (χ1) is 10.1. The number of non-ortho nitro benzene ring substituents is 1. The molecule has 1 unspecified atom stereocenters. The Labute approximate surface area is 129 Å². The maximum absolute atomic E-state index is 10.6. The van der Waals surface area contributed by atoms with E-state index in [1.165, 1.54) is 25.0 Å². The number of benzene rings is 1. The van der Waals surface area contributed by atoms with E-state index in [-0.39, 0.29) is 5.69 Å². The van der Waals surface area contributed by atoms with Crippen molar-refractivity contribution < 1.29 is 10.0 Å². The van der Waals surface area contributed by atoms with E-state index in [2.05, 4.69) is 11.6 Å². The molecule has 0 aromatic heterocycles. The van der Waals surface area contributed by atoms with Crippen molar-refractivity contribution in [3.05, 3.63) is 39.9 Å². The largest absolute Gasteiger partial charge is 0.387 e. The maximum Gasteiger partial charge on any atom is 0.269 e. The molecule has 0 aliphatic heterocycles. The van der Waals surface area contributed by atoms with Gasteiger partial charge in [-0.25, -0.2) is 0 Å². The highest BCUT2D eigenvalue weighted by atomic mass is 32.2. The lowest BCUT2D eigenvalue weighted by Crippen LogP contribution is -2.36. The maximum atomic E-state index is 10.6. The summed E-state index contributed by atoms with van der Waals surface area (Å²) in [4.78, 5) is 10.2. The van der Waals surface area contributed by atoms with E-state index in [9.17, 15) is 15.2 Å². The molecule has 0 spiro atoms. The Bertz CT molecular complexity index is 458. The number of nitro benzene ring substituents is 1. The normalized spacial score (nSPS) is 23.7. The van der Waals surface area contributed by atoms with Gasteiger partial charge in [0.25, 0.3) is 5.69 Å². The Hall–Kier alpha value is -1.11. The van der Waals surface area contributed by atoms with Gasteiger partial charge in [-0.2, -0.15) is 11.8 Å². The van der Waals surface area contributed by atoms with Crippen LogP contribution in [0.5, 0.6) is 0 Å². The van der Waals surface area contributed by atoms with Crippen LogP contribution < -0.4 is 5.32 Å². The third-order valence-electron chi connectivity index (χ3n) is 4.10. The standard InChI is InChI=1S/C15H22N2O3S/c1-21-14-8-4-12(5-9-14)16-10-15(18)11-2-6-13(7-3-11)17(19)20/h2-3,6-7,12,14-16,18H,4-5,8-10H2,1H3. The van der Waals surface area contributed by atoms with E-state index >= 15 is 0 Å². The van der Waals surface area contributed by atoms with Crippen LogP contribution in [0.2, 0.25) is 0 Å². The minimum Gasteiger partial charge on any atom is -0.387 e. The zero-order chi connectivity index (χ0) is 15.2. The molecule has 0 saturated heterocycles. The monoisotopic (exact) mass is 310 g/mol. The van der Waals surface area contributed by atoms with Gasteiger partial charge in [-0.15, -0.1) is 0 Å². The van der Waals surface area contributed by atoms with Crippen molar-refractivity contribution in [2.45, 2.75) is 43.1 Å². The second kappa shape index (κ2) is 7.77. The summed E-state index contributed by atoms with van der Waals surface area (Å²) in [5.41, 5.74) is 0.764. The fourth-order valence-electron chi connectivity index (χ4n) is 2.72. The molecular weight excluding hydrogens is 288 g/mol. The molecule has 1 fully saturated rings. The topological polar surface area (TPSA) is 75.4 Å². The summed E-state index contributed by atoms with van der Waals surface area (Å²) in [7, 11) is 0. The first-order valence-corrected chi connectivity index (χ1v) is 8.57. The van der Waals surface area contributed by atoms with Gasteiger partial charge in [0.15, 0.2) is 0 Å². The molecule has 1 aliphatic rings. The van der Waals surface area contributed by atoms with Crippen molar-refractivity contribution in [2.75, 3.05) is 12.8 Å². The average molecular weight is 310 g/mol. The van der Waals surface area contributed by atoms with E-state index in [1.54, 1.807) is 12.1 Å². The van der Waals surface area contributed by atoms with Gasteiger partial charge in [-0.3, -0.25) is 10.1 Å². The Morgan fingerprint density at radius 1 is 1.33 bits per heavy atom. The molecule has 0 amide bonds. The molecule has 0 bridgehead atoms. The van der Waals surface area contributed by atoms with Crippen molar-refractivity contribution >= 4 is 17.4 Å². The molecule has 1 atom stereocenters. The van der Waals surface area contributed by atoms with Crippen molar-refractivity contribution in [1.29, 1.82) is 0 Å². The second-order valence-corrected chi connectivity index (χ2v) is 6.62. The van der Waals surface area contributed by atoms with Crippen LogP contribution in [0.1, 0.15) is 37.4 Å². The summed E-state index contributed by atoms with van der Waals surface area (Å²) in [5, 5.41) is 24.9. The number of nitrogens with one attached hydrogen (secondary N) is 1. The Balaban J connectivity index is 1.79. The van der Waals surface area contributed by atoms with Gasteiger partial charge in [0.05, 0.1) is 11.0 Å². The Morgan fingerprint density at radius 2 is 1.95 bits per heavy atom. The Kier molecular flexibility index (Phi) is 6.02. The molecule has 1 aliphatic carbocycles. The zero-order valence-electron chi connectivity index (χ0n) is 12.2. The fraction of sp³-hybridized carbons (Fsp3) is 0.600. The smallest absolute Gasteiger partial charge is 0.269 e. The van der Waals surface area contributed by atoms with E-state index in [0.717, 1.165) is 18.1 Å². The summed E-state index contributed by atoms with van der Waals surface area (Å²) in [6, 6.07) is 6.58. The van der Waals surface area contributed by atoms with Gasteiger partial charge in [0, 0.05) is 30.0 Å². The molecular formula is C15H22N2O3S. The minimum atomic E-state index is -0.621. The van der Waals surface area contributed by atoms with Crippen molar-refractivity contribution in [2.24, 2.45) is 0 Å². The molecule has 1 aromatic carbocycles. The third-order valence-corrected chi connectivity index (χ3v) is 5.23. The van der Waals surface area contributed by atoms with Crippen LogP contribution in [-0.4, -0.2) is 34.1 Å². The van der Waals surface area contributed by atoms with E-state index in [0.29, 0.717) is 18.2 Å². The number of hydrogen-bond acceptors (Lipinski definition) is 5. The van der Waals surface area contributed by atoms with Crippen molar-refractivity contribution in [3.63, 3.8) is 0 Å². The number of nitrogens with zero attached hydrogens (tertiary/aromatic N) is 1. The third kappa shape index (κ3) is 4.69. The van der Waals surface area contributed by atoms with E-state index < -0.39 is 11.0 Å². The number of hydrogen-bond donors (Lipinski definition) is 2. The van der Waals surface area contributed by atoms with Crippen LogP contribution in [0, 0.1) is 10.1 Å². The van der Waals surface area contributed by atoms with Gasteiger partial charge in [-0.05, 0) is 49.6 Å². The molecule has 0 radical (unpaired) electrons. The van der Waals surface area contributed by atoms with Gasteiger partial charge in [0.2, 0.25) is 0 Å². The predicted octanol–water partition coefficient (Wildman–Crippen LogP) is 2.89. The molecule has 0 heterocycles. The molecule has 6 heteroatoms. The summed E-state index contributed by atoms with van der Waals surface area (Å²) < 4.78 is 0. The summed E-state index contributed by atoms with van der Waals surface area (Å²) >= 11 is 1.94. The first-order valence-electron chi connectivity index (χ1n) is 7.28. The number of aliphatic hydroxyl groups is 1. The molecule has 21 heavy (non-hydrogen) atoms. The molecule has 5 nitrogen and oxygen atoms in total. The predicted molar refractivity (Wildman–Crippen MR) is 85.6 cm³/mol. The van der Waals surface area contributed by atoms with Gasteiger partial charge in [-0.1, -0.05) is 0 Å². The minimum absolute atomic E-state index is 0.0503. The summed E-state index contributed by atoms with van der Waals surface area (Å²) in [5.74, 6) is 0. The van der Waals surface area contributed by atoms with Crippen LogP contribution in [0.15, 0.2) is 24.3 Å². The molecule has 116 valence electrons. The van der Waals surface area contributed by atoms with Crippen molar-refractivity contribution in [1.82, 2.24) is 5.32 Å². The highest BCUT2D eigenvalue weighted by molar-refractivity contribution is 7.99. The van der Waals surface area contributed by atoms with E-state index in [1.807, 2.05) is 11.8 Å². The number of aliphatic hydroxyl groups excluding tert-OH is 1. The van der Waals surface area contributed by atoms with Crippen LogP contribution in [0.4, 0.5) is 5.69 Å². The number of thioether (sulfide) groups is 1. The highest BCUT2D eigenvalue weighted by Crippen LogP contribution is 2.27. The molecule has 2 N–H and O–H groups in total. The van der Waals surface area contributed by atoms with Crippen LogP contribution >= 0.6 is 11.8 Å². The lowest BCUT2D eigenvalue weighted by molar-refractivity contribution is -0.384. The number of nitro groups is 1. The lowest BCUT2D eigenvalue weighted by atomic mass is 9.94. The molecule has 1 aromatic rings. The van der Waals surface area contributed by atoms with Gasteiger partial charge < -0.3 is 10.4 Å². The fourth-order valence-corrected chi connectivity index (χ4v) is 3.46. The number of rotatable bonds is 6. The summed E-state index contributed by atoms with van der Waals surface area (Å²) in [6.07, 6.45) is 6.30. The quantitative estimate of drug-likeness (QED) is 0.624. The van der Waals surface area contributed by atoms with Crippen LogP contribution in [0.25, 0.3) is 0 Å². The second-order valence-electron chi connectivity index (χ2n) is 5.48. The first kappa shape index (κ1) is 16.3. The zero-order valence-corrected chi connectivity index (χ0v) is 13.0. The van der Waals surface area contributed by atoms with Crippen LogP contribution in [0.3, 0.4) is 0 Å². The lowest BCUT2D eigenvalue weighted by Gasteiger charge is -2.28. The summed E-state index contributed by atoms with van der Waals surface area (Å²) in [6.45, 7) is 0.492.